The van der Waals surface area contributed by atoms with Gasteiger partial charge in [0.25, 0.3) is 0 Å². The fourth-order valence-electron chi connectivity index (χ4n) is 3.83. The average molecular weight is 533 g/mol. The molecule has 0 N–H and O–H groups in total. The lowest BCUT2D eigenvalue weighted by atomic mass is 10.3. The van der Waals surface area contributed by atoms with Gasteiger partial charge in [-0.05, 0) is 38.5 Å². The van der Waals surface area contributed by atoms with E-state index >= 15 is 0 Å². The molecular weight excluding hydrogens is 476 g/mol. The second kappa shape index (κ2) is 23.1. The van der Waals surface area contributed by atoms with Crippen LogP contribution in [0.15, 0.2) is 4.99 Å². The highest BCUT2D eigenvalue weighted by Gasteiger charge is 2.41. The Bertz CT molecular complexity index is 547. The first-order valence-electron chi connectivity index (χ1n) is 14.5. The molecule has 0 fully saturated rings. The molecular formula is C27H56N4O6. The van der Waals surface area contributed by atoms with Crippen LogP contribution in [0, 0.1) is 0 Å². The third kappa shape index (κ3) is 13.7. The SMILES string of the molecule is CCCOCC1=NC(COCCC)N(COCCC)C(N(COCCC)COCCC)N1COCCC. The predicted octanol–water partition coefficient (Wildman–Crippen LogP) is 4.30. The number of nitrogens with zero attached hydrogens (tertiary/aromatic N) is 4. The molecule has 37 heavy (non-hydrogen) atoms. The predicted molar refractivity (Wildman–Crippen MR) is 147 cm³/mol. The topological polar surface area (TPSA) is 77.5 Å². The van der Waals surface area contributed by atoms with Crippen molar-refractivity contribution in [2.75, 3.05) is 79.8 Å². The maximum Gasteiger partial charge on any atom is 0.150 e. The molecule has 0 aliphatic carbocycles. The average Bonchev–Trinajstić information content (AvgIpc) is 2.90. The molecule has 0 amide bonds. The minimum Gasteiger partial charge on any atom is -0.378 e. The van der Waals surface area contributed by atoms with Crippen molar-refractivity contribution in [1.82, 2.24) is 14.7 Å². The van der Waals surface area contributed by atoms with E-state index in [1.54, 1.807) is 0 Å². The molecule has 10 heteroatoms. The number of rotatable bonds is 25. The minimum atomic E-state index is -0.254. The molecule has 0 radical (unpaired) electrons. The van der Waals surface area contributed by atoms with Crippen molar-refractivity contribution in [3.63, 3.8) is 0 Å². The summed E-state index contributed by atoms with van der Waals surface area (Å²) in [5.74, 6) is 0.849. The van der Waals surface area contributed by atoms with Crippen LogP contribution in [0.3, 0.4) is 0 Å². The Morgan fingerprint density at radius 1 is 0.622 bits per heavy atom. The molecule has 2 atom stereocenters. The van der Waals surface area contributed by atoms with Crippen molar-refractivity contribution < 1.29 is 28.4 Å². The monoisotopic (exact) mass is 532 g/mol. The van der Waals surface area contributed by atoms with E-state index in [2.05, 4.69) is 56.2 Å². The Kier molecular flexibility index (Phi) is 21.3. The van der Waals surface area contributed by atoms with E-state index < -0.39 is 0 Å². The van der Waals surface area contributed by atoms with E-state index in [0.29, 0.717) is 79.8 Å². The zero-order valence-corrected chi connectivity index (χ0v) is 24.6. The molecule has 2 unspecified atom stereocenters. The van der Waals surface area contributed by atoms with Gasteiger partial charge >= 0.3 is 0 Å². The second-order valence-electron chi connectivity index (χ2n) is 9.22. The van der Waals surface area contributed by atoms with Crippen molar-refractivity contribution in [2.45, 2.75) is 92.5 Å². The van der Waals surface area contributed by atoms with Gasteiger partial charge in [-0.2, -0.15) is 0 Å². The van der Waals surface area contributed by atoms with Crippen LogP contribution in [-0.2, 0) is 28.4 Å². The number of ether oxygens (including phenoxy) is 6. The normalized spacial score (nSPS) is 18.7. The smallest absolute Gasteiger partial charge is 0.150 e. The molecule has 0 aromatic heterocycles. The summed E-state index contributed by atoms with van der Waals surface area (Å²) in [6.07, 6.45) is 5.21. The van der Waals surface area contributed by atoms with Gasteiger partial charge in [0.1, 0.15) is 51.8 Å². The Morgan fingerprint density at radius 2 is 1.11 bits per heavy atom. The van der Waals surface area contributed by atoms with E-state index in [1.165, 1.54) is 0 Å². The van der Waals surface area contributed by atoms with Gasteiger partial charge in [-0.1, -0.05) is 41.5 Å². The summed E-state index contributed by atoms with van der Waals surface area (Å²) in [7, 11) is 0. The Hall–Kier alpha value is -0.850. The fourth-order valence-corrected chi connectivity index (χ4v) is 3.83. The summed E-state index contributed by atoms with van der Waals surface area (Å²) in [6.45, 7) is 19.3. The molecule has 1 heterocycles. The maximum atomic E-state index is 6.09. The zero-order valence-electron chi connectivity index (χ0n) is 24.6. The summed E-state index contributed by atoms with van der Waals surface area (Å²) in [4.78, 5) is 11.7. The Morgan fingerprint density at radius 3 is 1.68 bits per heavy atom. The summed E-state index contributed by atoms with van der Waals surface area (Å²) in [5.41, 5.74) is 0. The number of hydrogen-bond donors (Lipinski definition) is 0. The van der Waals surface area contributed by atoms with Crippen molar-refractivity contribution in [2.24, 2.45) is 4.99 Å². The first kappa shape index (κ1) is 34.2. The summed E-state index contributed by atoms with van der Waals surface area (Å²) in [6, 6.07) is 0. The first-order valence-corrected chi connectivity index (χ1v) is 14.5. The molecule has 1 aliphatic rings. The van der Waals surface area contributed by atoms with Gasteiger partial charge in [0, 0.05) is 39.6 Å². The third-order valence-electron chi connectivity index (χ3n) is 5.49. The molecule has 10 nitrogen and oxygen atoms in total. The van der Waals surface area contributed by atoms with Gasteiger partial charge in [-0.3, -0.25) is 0 Å². The summed E-state index contributed by atoms with van der Waals surface area (Å²) in [5, 5.41) is 0. The van der Waals surface area contributed by atoms with Crippen LogP contribution in [0.2, 0.25) is 0 Å². The highest BCUT2D eigenvalue weighted by molar-refractivity contribution is 5.84. The third-order valence-corrected chi connectivity index (χ3v) is 5.49. The van der Waals surface area contributed by atoms with Crippen LogP contribution in [0.1, 0.15) is 80.1 Å². The van der Waals surface area contributed by atoms with Crippen molar-refractivity contribution in [3.05, 3.63) is 0 Å². The van der Waals surface area contributed by atoms with Crippen LogP contribution < -0.4 is 0 Å². The van der Waals surface area contributed by atoms with Crippen molar-refractivity contribution in [1.29, 1.82) is 0 Å². The zero-order chi connectivity index (χ0) is 27.1. The van der Waals surface area contributed by atoms with Gasteiger partial charge < -0.3 is 33.3 Å². The lowest BCUT2D eigenvalue weighted by molar-refractivity contribution is -0.196. The van der Waals surface area contributed by atoms with E-state index in [9.17, 15) is 0 Å². The minimum absolute atomic E-state index is 0.226. The molecule has 0 bridgehead atoms. The standard InChI is InChI=1S/C27H56N4O6/c1-7-13-32-19-25-28-26(20-33-14-8-2)31(24-37-18-12-6)27(30(25)23-36-17-11-5)29(21-34-15-9-3)22-35-16-10-4/h25,27H,7-24H2,1-6H3. The number of hydrogen-bond acceptors (Lipinski definition) is 10. The van der Waals surface area contributed by atoms with E-state index in [4.69, 9.17) is 33.4 Å². The molecule has 220 valence electrons. The van der Waals surface area contributed by atoms with Crippen LogP contribution in [0.25, 0.3) is 0 Å². The first-order chi connectivity index (χ1) is 18.2. The maximum absolute atomic E-state index is 6.09. The highest BCUT2D eigenvalue weighted by Crippen LogP contribution is 2.24. The highest BCUT2D eigenvalue weighted by atomic mass is 16.5. The molecule has 0 spiro atoms. The Labute approximate surface area is 226 Å². The molecule has 1 rings (SSSR count). The van der Waals surface area contributed by atoms with Gasteiger partial charge in [0.2, 0.25) is 0 Å². The van der Waals surface area contributed by atoms with Gasteiger partial charge in [-0.15, -0.1) is 0 Å². The number of amidine groups is 1. The lowest BCUT2D eigenvalue weighted by Gasteiger charge is -2.50. The molecule has 0 saturated carbocycles. The van der Waals surface area contributed by atoms with E-state index in [0.717, 1.165) is 44.4 Å². The summed E-state index contributed by atoms with van der Waals surface area (Å²) < 4.78 is 36.3. The van der Waals surface area contributed by atoms with Crippen LogP contribution in [0.4, 0.5) is 0 Å². The quantitative estimate of drug-likeness (QED) is 0.126. The van der Waals surface area contributed by atoms with E-state index in [-0.39, 0.29) is 12.5 Å². The lowest BCUT2D eigenvalue weighted by Crippen LogP contribution is -2.67. The van der Waals surface area contributed by atoms with Crippen molar-refractivity contribution in [3.8, 4) is 0 Å². The second-order valence-corrected chi connectivity index (χ2v) is 9.22. The number of aliphatic imine (C=N–C) groups is 1. The molecule has 0 aromatic carbocycles. The van der Waals surface area contributed by atoms with Gasteiger partial charge in [-0.25, -0.2) is 14.8 Å². The van der Waals surface area contributed by atoms with Crippen LogP contribution >= 0.6 is 0 Å². The van der Waals surface area contributed by atoms with Gasteiger partial charge in [0.15, 0.2) is 0 Å². The largest absolute Gasteiger partial charge is 0.378 e. The molecule has 0 saturated heterocycles. The van der Waals surface area contributed by atoms with E-state index in [1.807, 2.05) is 0 Å². The summed E-state index contributed by atoms with van der Waals surface area (Å²) >= 11 is 0. The van der Waals surface area contributed by atoms with Crippen molar-refractivity contribution >= 4 is 5.84 Å². The Balaban J connectivity index is 3.42. The fraction of sp³-hybridized carbons (Fsp3) is 0.963. The van der Waals surface area contributed by atoms with Gasteiger partial charge in [0.05, 0.1) is 6.61 Å². The van der Waals surface area contributed by atoms with Crippen LogP contribution in [-0.4, -0.2) is 113 Å². The molecule has 1 aliphatic heterocycles. The molecule has 0 aromatic rings. The van der Waals surface area contributed by atoms with Crippen LogP contribution in [0.5, 0.6) is 0 Å².